The van der Waals surface area contributed by atoms with Gasteiger partial charge in [0.1, 0.15) is 11.6 Å². The number of nitrogens with one attached hydrogen (secondary N) is 2. The van der Waals surface area contributed by atoms with E-state index in [1.54, 1.807) is 27.8 Å². The van der Waals surface area contributed by atoms with Crippen LogP contribution in [0.25, 0.3) is 0 Å². The molecule has 1 aromatic rings. The SMILES string of the molecule is CNC(=O)[C@@H](NC(=O)[C@H](CCCc1ccccc1)CC(=O)OC(C)(C)C)C(C)C. The minimum absolute atomic E-state index is 0.00352. The smallest absolute Gasteiger partial charge is 0.307 e. The van der Waals surface area contributed by atoms with Crippen molar-refractivity contribution in [2.75, 3.05) is 7.05 Å². The van der Waals surface area contributed by atoms with Crippen molar-refractivity contribution in [3.8, 4) is 0 Å². The summed E-state index contributed by atoms with van der Waals surface area (Å²) in [5.41, 5.74) is 0.583. The lowest BCUT2D eigenvalue weighted by Gasteiger charge is -2.25. The average Bonchev–Trinajstić information content (AvgIpc) is 2.63. The summed E-state index contributed by atoms with van der Waals surface area (Å²) in [6, 6.07) is 9.38. The number of rotatable bonds is 10. The molecule has 2 N–H and O–H groups in total. The van der Waals surface area contributed by atoms with Gasteiger partial charge in [-0.05, 0) is 51.5 Å². The summed E-state index contributed by atoms with van der Waals surface area (Å²) in [6.45, 7) is 9.15. The number of carbonyl (C=O) groups is 3. The van der Waals surface area contributed by atoms with Crippen LogP contribution in [0.1, 0.15) is 59.4 Å². The Morgan fingerprint density at radius 2 is 1.66 bits per heavy atom. The van der Waals surface area contributed by atoms with Gasteiger partial charge in [-0.1, -0.05) is 44.2 Å². The summed E-state index contributed by atoms with van der Waals surface area (Å²) in [5.74, 6) is -1.54. The molecule has 2 atom stereocenters. The maximum absolute atomic E-state index is 12.9. The van der Waals surface area contributed by atoms with Crippen molar-refractivity contribution in [3.05, 3.63) is 35.9 Å². The highest BCUT2D eigenvalue weighted by Crippen LogP contribution is 2.19. The van der Waals surface area contributed by atoms with Gasteiger partial charge >= 0.3 is 5.97 Å². The molecule has 0 radical (unpaired) electrons. The Hall–Kier alpha value is -2.37. The topological polar surface area (TPSA) is 84.5 Å². The zero-order valence-corrected chi connectivity index (χ0v) is 18.6. The molecule has 2 amide bonds. The Labute approximate surface area is 174 Å². The highest BCUT2D eigenvalue weighted by molar-refractivity contribution is 5.90. The van der Waals surface area contributed by atoms with Crippen LogP contribution in [0.2, 0.25) is 0 Å². The third kappa shape index (κ3) is 9.59. The first kappa shape index (κ1) is 24.7. The van der Waals surface area contributed by atoms with Crippen LogP contribution in [0.5, 0.6) is 0 Å². The Bertz CT molecular complexity index is 665. The molecule has 1 aromatic carbocycles. The first-order valence-electron chi connectivity index (χ1n) is 10.3. The van der Waals surface area contributed by atoms with Crippen LogP contribution in [0, 0.1) is 11.8 Å². The number of aryl methyl sites for hydroxylation is 1. The standard InChI is InChI=1S/C23H36N2O4/c1-16(2)20(22(28)24-6)25-21(27)18(15-19(26)29-23(3,4)5)14-10-13-17-11-8-7-9-12-17/h7-9,11-12,16,18,20H,10,13-15H2,1-6H3,(H,24,28)(H,25,27)/t18-,20+/m1/s1. The second-order valence-electron chi connectivity index (χ2n) is 8.71. The molecule has 0 spiro atoms. The molecule has 0 heterocycles. The van der Waals surface area contributed by atoms with Gasteiger partial charge in [0.15, 0.2) is 0 Å². The van der Waals surface area contributed by atoms with Crippen LogP contribution < -0.4 is 10.6 Å². The quantitative estimate of drug-likeness (QED) is 0.586. The van der Waals surface area contributed by atoms with E-state index in [0.29, 0.717) is 6.42 Å². The first-order valence-corrected chi connectivity index (χ1v) is 10.3. The van der Waals surface area contributed by atoms with E-state index < -0.39 is 23.5 Å². The lowest BCUT2D eigenvalue weighted by atomic mass is 9.94. The van der Waals surface area contributed by atoms with Crippen LogP contribution in [0.3, 0.4) is 0 Å². The molecule has 0 aliphatic rings. The van der Waals surface area contributed by atoms with E-state index in [1.807, 2.05) is 44.2 Å². The van der Waals surface area contributed by atoms with E-state index in [9.17, 15) is 14.4 Å². The molecule has 6 nitrogen and oxygen atoms in total. The minimum atomic E-state index is -0.636. The Balaban J connectivity index is 2.82. The van der Waals surface area contributed by atoms with Crippen molar-refractivity contribution in [3.63, 3.8) is 0 Å². The number of ether oxygens (including phenoxy) is 1. The molecule has 0 saturated heterocycles. The Morgan fingerprint density at radius 1 is 1.03 bits per heavy atom. The van der Waals surface area contributed by atoms with Gasteiger partial charge in [-0.2, -0.15) is 0 Å². The predicted octanol–water partition coefficient (Wildman–Crippen LogP) is 3.24. The molecule has 1 rings (SSSR count). The van der Waals surface area contributed by atoms with Crippen LogP contribution in [-0.4, -0.2) is 36.5 Å². The zero-order valence-electron chi connectivity index (χ0n) is 18.6. The number of carbonyl (C=O) groups excluding carboxylic acids is 3. The van der Waals surface area contributed by atoms with Crippen LogP contribution >= 0.6 is 0 Å². The highest BCUT2D eigenvalue weighted by Gasteiger charge is 2.29. The third-order valence-corrected chi connectivity index (χ3v) is 4.56. The van der Waals surface area contributed by atoms with E-state index in [4.69, 9.17) is 4.74 Å². The summed E-state index contributed by atoms with van der Waals surface area (Å²) in [7, 11) is 1.54. The lowest BCUT2D eigenvalue weighted by Crippen LogP contribution is -2.50. The average molecular weight is 405 g/mol. The highest BCUT2D eigenvalue weighted by atomic mass is 16.6. The maximum atomic E-state index is 12.9. The Kier molecular flexibility index (Phi) is 9.86. The molecule has 162 valence electrons. The number of benzene rings is 1. The van der Waals surface area contributed by atoms with Gasteiger partial charge in [-0.15, -0.1) is 0 Å². The molecule has 0 fully saturated rings. The van der Waals surface area contributed by atoms with Crippen LogP contribution in [0.4, 0.5) is 0 Å². The molecule has 6 heteroatoms. The van der Waals surface area contributed by atoms with Crippen molar-refractivity contribution in [2.24, 2.45) is 11.8 Å². The normalized spacial score (nSPS) is 13.5. The summed E-state index contributed by atoms with van der Waals surface area (Å²) in [6.07, 6.45) is 2.12. The van der Waals surface area contributed by atoms with E-state index in [-0.39, 0.29) is 24.2 Å². The summed E-state index contributed by atoms with van der Waals surface area (Å²) in [5, 5.41) is 5.41. The largest absolute Gasteiger partial charge is 0.460 e. The van der Waals surface area contributed by atoms with Gasteiger partial charge in [0.05, 0.1) is 6.42 Å². The molecule has 0 unspecified atom stereocenters. The second-order valence-corrected chi connectivity index (χ2v) is 8.71. The third-order valence-electron chi connectivity index (χ3n) is 4.56. The van der Waals surface area contributed by atoms with Crippen LogP contribution in [0.15, 0.2) is 30.3 Å². The zero-order chi connectivity index (χ0) is 22.0. The number of hydrogen-bond acceptors (Lipinski definition) is 4. The molecular formula is C23H36N2O4. The first-order chi connectivity index (χ1) is 13.5. The summed E-state index contributed by atoms with van der Waals surface area (Å²) < 4.78 is 5.41. The molecule has 29 heavy (non-hydrogen) atoms. The summed E-state index contributed by atoms with van der Waals surface area (Å²) >= 11 is 0. The van der Waals surface area contributed by atoms with Crippen molar-refractivity contribution < 1.29 is 19.1 Å². The van der Waals surface area contributed by atoms with E-state index in [2.05, 4.69) is 10.6 Å². The monoisotopic (exact) mass is 404 g/mol. The van der Waals surface area contributed by atoms with E-state index in [0.717, 1.165) is 12.8 Å². The number of hydrogen-bond donors (Lipinski definition) is 2. The fraction of sp³-hybridized carbons (Fsp3) is 0.609. The molecule has 0 aliphatic heterocycles. The van der Waals surface area contributed by atoms with E-state index >= 15 is 0 Å². The van der Waals surface area contributed by atoms with Gasteiger partial charge in [0, 0.05) is 13.0 Å². The fourth-order valence-corrected chi connectivity index (χ4v) is 3.07. The number of amides is 2. The van der Waals surface area contributed by atoms with Gasteiger partial charge in [-0.3, -0.25) is 14.4 Å². The minimum Gasteiger partial charge on any atom is -0.460 e. The number of esters is 1. The van der Waals surface area contributed by atoms with Gasteiger partial charge in [0.25, 0.3) is 0 Å². The molecule has 0 bridgehead atoms. The van der Waals surface area contributed by atoms with Gasteiger partial charge < -0.3 is 15.4 Å². The fourth-order valence-electron chi connectivity index (χ4n) is 3.07. The number of likely N-dealkylation sites (N-methyl/N-ethyl adjacent to an activating group) is 1. The lowest BCUT2D eigenvalue weighted by molar-refractivity contribution is -0.157. The summed E-state index contributed by atoms with van der Waals surface area (Å²) in [4.78, 5) is 37.4. The molecule has 0 aromatic heterocycles. The Morgan fingerprint density at radius 3 is 2.17 bits per heavy atom. The van der Waals surface area contributed by atoms with Gasteiger partial charge in [-0.25, -0.2) is 0 Å². The van der Waals surface area contributed by atoms with Gasteiger partial charge in [0.2, 0.25) is 11.8 Å². The molecule has 0 saturated carbocycles. The molecule has 0 aliphatic carbocycles. The van der Waals surface area contributed by atoms with Crippen LogP contribution in [-0.2, 0) is 25.5 Å². The van der Waals surface area contributed by atoms with Crippen molar-refractivity contribution in [2.45, 2.75) is 71.9 Å². The van der Waals surface area contributed by atoms with Crippen molar-refractivity contribution in [1.29, 1.82) is 0 Å². The van der Waals surface area contributed by atoms with Crippen molar-refractivity contribution >= 4 is 17.8 Å². The maximum Gasteiger partial charge on any atom is 0.307 e. The predicted molar refractivity (Wildman–Crippen MR) is 114 cm³/mol. The second kappa shape index (κ2) is 11.6. The van der Waals surface area contributed by atoms with Crippen molar-refractivity contribution in [1.82, 2.24) is 10.6 Å². The molecular weight excluding hydrogens is 368 g/mol. The van der Waals surface area contributed by atoms with E-state index in [1.165, 1.54) is 5.56 Å².